The lowest BCUT2D eigenvalue weighted by atomic mass is 10.0. The zero-order chi connectivity index (χ0) is 13.2. The van der Waals surface area contributed by atoms with Crippen LogP contribution in [0.4, 0.5) is 0 Å². The van der Waals surface area contributed by atoms with Crippen LogP contribution in [0.5, 0.6) is 0 Å². The maximum Gasteiger partial charge on any atom is 0.185 e. The fourth-order valence-electron chi connectivity index (χ4n) is 2.16. The molecule has 19 heavy (non-hydrogen) atoms. The quantitative estimate of drug-likeness (QED) is 0.668. The fraction of sp³-hybridized carbons (Fsp3) is 0.125. The van der Waals surface area contributed by atoms with Crippen LogP contribution in [0.25, 0.3) is 10.9 Å². The van der Waals surface area contributed by atoms with Crippen LogP contribution in [0.3, 0.4) is 0 Å². The summed E-state index contributed by atoms with van der Waals surface area (Å²) in [5.41, 5.74) is 3.31. The molecule has 94 valence electrons. The first-order valence-corrected chi connectivity index (χ1v) is 6.15. The molecule has 0 aliphatic rings. The summed E-state index contributed by atoms with van der Waals surface area (Å²) in [6.45, 7) is 2.00. The Bertz CT molecular complexity index is 730. The second kappa shape index (κ2) is 4.69. The third-order valence-corrected chi connectivity index (χ3v) is 3.15. The van der Waals surface area contributed by atoms with Crippen molar-refractivity contribution >= 4 is 16.7 Å². The molecule has 0 spiro atoms. The van der Waals surface area contributed by atoms with E-state index in [1.54, 1.807) is 18.6 Å². The van der Waals surface area contributed by atoms with Crippen LogP contribution in [0.1, 0.15) is 21.6 Å². The fourth-order valence-corrected chi connectivity index (χ4v) is 2.16. The summed E-state index contributed by atoms with van der Waals surface area (Å²) in [5, 5.41) is 1.09. The Morgan fingerprint density at radius 3 is 2.89 bits per heavy atom. The van der Waals surface area contributed by atoms with Crippen molar-refractivity contribution < 1.29 is 9.21 Å². The van der Waals surface area contributed by atoms with Crippen LogP contribution in [0.2, 0.25) is 0 Å². The highest BCUT2D eigenvalue weighted by atomic mass is 16.3. The summed E-state index contributed by atoms with van der Waals surface area (Å²) in [5.74, 6) is 0.00949. The Balaban J connectivity index is 1.98. The normalized spacial score (nSPS) is 10.8. The number of carbonyl (C=O) groups is 1. The van der Waals surface area contributed by atoms with E-state index >= 15 is 0 Å². The van der Waals surface area contributed by atoms with Crippen molar-refractivity contribution in [3.63, 3.8) is 0 Å². The first-order valence-electron chi connectivity index (χ1n) is 6.15. The number of aryl methyl sites for hydroxylation is 1. The minimum atomic E-state index is 0.00949. The Labute approximate surface area is 110 Å². The molecule has 0 fully saturated rings. The molecule has 0 N–H and O–H groups in total. The van der Waals surface area contributed by atoms with Crippen LogP contribution < -0.4 is 0 Å². The maximum absolute atomic E-state index is 12.2. The highest BCUT2D eigenvalue weighted by molar-refractivity contribution is 5.98. The third-order valence-electron chi connectivity index (χ3n) is 3.15. The number of hydrogen-bond donors (Lipinski definition) is 0. The van der Waals surface area contributed by atoms with E-state index in [0.29, 0.717) is 12.1 Å². The van der Waals surface area contributed by atoms with Gasteiger partial charge in [-0.2, -0.15) is 0 Å². The van der Waals surface area contributed by atoms with Crippen molar-refractivity contribution in [2.75, 3.05) is 0 Å². The predicted octanol–water partition coefficient (Wildman–Crippen LogP) is 3.56. The summed E-state index contributed by atoms with van der Waals surface area (Å²) >= 11 is 0. The number of furan rings is 1. The van der Waals surface area contributed by atoms with E-state index in [-0.39, 0.29) is 5.78 Å². The first-order chi connectivity index (χ1) is 9.24. The van der Waals surface area contributed by atoms with Crippen molar-refractivity contribution in [2.45, 2.75) is 13.3 Å². The lowest BCUT2D eigenvalue weighted by Crippen LogP contribution is -2.06. The van der Waals surface area contributed by atoms with Gasteiger partial charge in [-0.05, 0) is 36.2 Å². The SMILES string of the molecule is Cc1cc(C(=O)Cc2ccoc2)nc2ccccc12. The molecule has 2 aromatic heterocycles. The molecule has 0 saturated carbocycles. The molecular weight excluding hydrogens is 238 g/mol. The minimum absolute atomic E-state index is 0.00949. The number of carbonyl (C=O) groups excluding carboxylic acids is 1. The molecule has 0 saturated heterocycles. The van der Waals surface area contributed by atoms with Gasteiger partial charge in [-0.1, -0.05) is 18.2 Å². The zero-order valence-corrected chi connectivity index (χ0v) is 10.6. The molecule has 1 aromatic carbocycles. The molecule has 0 aliphatic carbocycles. The zero-order valence-electron chi connectivity index (χ0n) is 10.6. The number of nitrogens with zero attached hydrogens (tertiary/aromatic N) is 1. The van der Waals surface area contributed by atoms with Gasteiger partial charge in [-0.15, -0.1) is 0 Å². The van der Waals surface area contributed by atoms with E-state index in [2.05, 4.69) is 4.98 Å². The van der Waals surface area contributed by atoms with E-state index in [4.69, 9.17) is 4.42 Å². The molecule has 0 radical (unpaired) electrons. The highest BCUT2D eigenvalue weighted by Crippen LogP contribution is 2.18. The number of fused-ring (bicyclic) bond motifs is 1. The molecule has 3 rings (SSSR count). The van der Waals surface area contributed by atoms with E-state index in [9.17, 15) is 4.79 Å². The predicted molar refractivity (Wildman–Crippen MR) is 73.2 cm³/mol. The summed E-state index contributed by atoms with van der Waals surface area (Å²) < 4.78 is 4.97. The summed E-state index contributed by atoms with van der Waals surface area (Å²) in [6.07, 6.45) is 3.48. The number of hydrogen-bond acceptors (Lipinski definition) is 3. The number of ketones is 1. The smallest absolute Gasteiger partial charge is 0.185 e. The number of para-hydroxylation sites is 1. The first kappa shape index (κ1) is 11.7. The number of Topliss-reactive ketones (excluding diaryl/α,β-unsaturated/α-hetero) is 1. The van der Waals surface area contributed by atoms with Gasteiger partial charge in [0.1, 0.15) is 5.69 Å². The molecule has 3 aromatic rings. The molecule has 2 heterocycles. The number of aromatic nitrogens is 1. The van der Waals surface area contributed by atoms with Gasteiger partial charge in [0.15, 0.2) is 5.78 Å². The summed E-state index contributed by atoms with van der Waals surface area (Å²) in [7, 11) is 0. The van der Waals surface area contributed by atoms with Gasteiger partial charge in [0, 0.05) is 11.8 Å². The van der Waals surface area contributed by atoms with Gasteiger partial charge in [0.05, 0.1) is 18.0 Å². The summed E-state index contributed by atoms with van der Waals surface area (Å²) in [6, 6.07) is 11.5. The van der Waals surface area contributed by atoms with Gasteiger partial charge >= 0.3 is 0 Å². The average Bonchev–Trinajstić information content (AvgIpc) is 2.91. The van der Waals surface area contributed by atoms with Crippen LogP contribution in [-0.4, -0.2) is 10.8 Å². The topological polar surface area (TPSA) is 43.1 Å². The lowest BCUT2D eigenvalue weighted by molar-refractivity contribution is 0.0988. The van der Waals surface area contributed by atoms with Crippen molar-refractivity contribution in [1.82, 2.24) is 4.98 Å². The van der Waals surface area contributed by atoms with Gasteiger partial charge in [0.25, 0.3) is 0 Å². The Kier molecular flexibility index (Phi) is 2.88. The highest BCUT2D eigenvalue weighted by Gasteiger charge is 2.11. The number of rotatable bonds is 3. The molecule has 0 atom stereocenters. The second-order valence-corrected chi connectivity index (χ2v) is 4.57. The van der Waals surface area contributed by atoms with Crippen LogP contribution in [0, 0.1) is 6.92 Å². The van der Waals surface area contributed by atoms with E-state index < -0.39 is 0 Å². The number of pyridine rings is 1. The van der Waals surface area contributed by atoms with Gasteiger partial charge in [0.2, 0.25) is 0 Å². The summed E-state index contributed by atoms with van der Waals surface area (Å²) in [4.78, 5) is 16.6. The van der Waals surface area contributed by atoms with Crippen molar-refractivity contribution in [1.29, 1.82) is 0 Å². The van der Waals surface area contributed by atoms with Crippen LogP contribution in [0.15, 0.2) is 53.3 Å². The maximum atomic E-state index is 12.2. The monoisotopic (exact) mass is 251 g/mol. The number of benzene rings is 1. The van der Waals surface area contributed by atoms with Crippen LogP contribution >= 0.6 is 0 Å². The van der Waals surface area contributed by atoms with E-state index in [1.807, 2.05) is 37.3 Å². The Hall–Kier alpha value is -2.42. The van der Waals surface area contributed by atoms with E-state index in [0.717, 1.165) is 22.0 Å². The minimum Gasteiger partial charge on any atom is -0.472 e. The lowest BCUT2D eigenvalue weighted by Gasteiger charge is -2.05. The largest absolute Gasteiger partial charge is 0.472 e. The van der Waals surface area contributed by atoms with Gasteiger partial charge in [-0.3, -0.25) is 4.79 Å². The molecule has 3 nitrogen and oxygen atoms in total. The van der Waals surface area contributed by atoms with Crippen molar-refractivity contribution in [3.8, 4) is 0 Å². The molecular formula is C16H13NO2. The average molecular weight is 251 g/mol. The Morgan fingerprint density at radius 2 is 2.11 bits per heavy atom. The Morgan fingerprint density at radius 1 is 1.26 bits per heavy atom. The van der Waals surface area contributed by atoms with Crippen molar-refractivity contribution in [3.05, 3.63) is 65.7 Å². The standard InChI is InChI=1S/C16H13NO2/c1-11-8-15(16(18)9-12-6-7-19-10-12)17-14-5-3-2-4-13(11)14/h2-8,10H,9H2,1H3. The van der Waals surface area contributed by atoms with Gasteiger partial charge < -0.3 is 4.42 Å². The third kappa shape index (κ3) is 2.27. The molecule has 0 amide bonds. The van der Waals surface area contributed by atoms with Crippen LogP contribution in [-0.2, 0) is 6.42 Å². The molecule has 0 unspecified atom stereocenters. The van der Waals surface area contributed by atoms with E-state index in [1.165, 1.54) is 0 Å². The van der Waals surface area contributed by atoms with Crippen molar-refractivity contribution in [2.24, 2.45) is 0 Å². The molecule has 0 aliphatic heterocycles. The molecule has 0 bridgehead atoms. The second-order valence-electron chi connectivity index (χ2n) is 4.57. The van der Waals surface area contributed by atoms with Gasteiger partial charge in [-0.25, -0.2) is 4.98 Å². The molecule has 3 heteroatoms.